The van der Waals surface area contributed by atoms with Crippen molar-refractivity contribution in [1.82, 2.24) is 4.98 Å². The van der Waals surface area contributed by atoms with Gasteiger partial charge in [-0.3, -0.25) is 9.59 Å². The number of carbonyl (C=O) groups excluding carboxylic acids is 3. The average Bonchev–Trinajstić information content (AvgIpc) is 2.71. The molecule has 6 nitrogen and oxygen atoms in total. The molecule has 1 aromatic heterocycles. The monoisotopic (exact) mass is 281 g/mol. The highest BCUT2D eigenvalue weighted by Gasteiger charge is 2.23. The Hall–Kier alpha value is -2.11. The maximum absolute atomic E-state index is 12.0. The Morgan fingerprint density at radius 2 is 1.75 bits per heavy atom. The first-order valence-corrected chi connectivity index (χ1v) is 6.47. The van der Waals surface area contributed by atoms with Crippen LogP contribution in [0.4, 0.5) is 0 Å². The minimum Gasteiger partial charge on any atom is -0.462 e. The fourth-order valence-electron chi connectivity index (χ4n) is 1.86. The average molecular weight is 281 g/mol. The van der Waals surface area contributed by atoms with Crippen LogP contribution in [-0.2, 0) is 14.3 Å². The topological polar surface area (TPSA) is 85.5 Å². The van der Waals surface area contributed by atoms with E-state index in [9.17, 15) is 14.4 Å². The van der Waals surface area contributed by atoms with Crippen LogP contribution in [0.2, 0.25) is 0 Å². The molecule has 20 heavy (non-hydrogen) atoms. The molecule has 0 aliphatic rings. The summed E-state index contributed by atoms with van der Waals surface area (Å²) >= 11 is 0. The van der Waals surface area contributed by atoms with Crippen molar-refractivity contribution >= 4 is 17.7 Å². The number of H-pyrrole nitrogens is 1. The van der Waals surface area contributed by atoms with E-state index in [4.69, 9.17) is 9.47 Å². The lowest BCUT2D eigenvalue weighted by molar-refractivity contribution is -0.142. The van der Waals surface area contributed by atoms with E-state index in [-0.39, 0.29) is 31.1 Å². The summed E-state index contributed by atoms with van der Waals surface area (Å²) in [7, 11) is 0. The molecule has 0 amide bonds. The van der Waals surface area contributed by atoms with E-state index >= 15 is 0 Å². The number of aryl methyl sites for hydroxylation is 1. The van der Waals surface area contributed by atoms with Gasteiger partial charge in [-0.25, -0.2) is 4.79 Å². The second kappa shape index (κ2) is 6.88. The summed E-state index contributed by atoms with van der Waals surface area (Å²) < 4.78 is 9.74. The van der Waals surface area contributed by atoms with Crippen molar-refractivity contribution in [3.63, 3.8) is 0 Å². The van der Waals surface area contributed by atoms with Crippen LogP contribution in [0, 0.1) is 13.8 Å². The molecule has 6 heteroatoms. The van der Waals surface area contributed by atoms with Crippen LogP contribution in [0.5, 0.6) is 0 Å². The molecule has 1 heterocycles. The van der Waals surface area contributed by atoms with Gasteiger partial charge >= 0.3 is 11.9 Å². The van der Waals surface area contributed by atoms with Crippen molar-refractivity contribution in [1.29, 1.82) is 0 Å². The fraction of sp³-hybridized carbons (Fsp3) is 0.500. The molecule has 1 N–H and O–H groups in total. The zero-order valence-electron chi connectivity index (χ0n) is 12.2. The van der Waals surface area contributed by atoms with Crippen molar-refractivity contribution in [3.05, 3.63) is 22.5 Å². The van der Waals surface area contributed by atoms with Crippen molar-refractivity contribution < 1.29 is 23.9 Å². The summed E-state index contributed by atoms with van der Waals surface area (Å²) in [6.45, 7) is 6.63. The second-order valence-electron chi connectivity index (χ2n) is 4.28. The van der Waals surface area contributed by atoms with Crippen LogP contribution in [0.1, 0.15) is 52.4 Å². The smallest absolute Gasteiger partial charge is 0.340 e. The molecule has 0 aliphatic carbocycles. The van der Waals surface area contributed by atoms with E-state index in [0.717, 1.165) is 0 Å². The number of Topliss-reactive ketones (excluding diaryl/α,β-unsaturated/α-hetero) is 1. The van der Waals surface area contributed by atoms with E-state index in [1.54, 1.807) is 27.7 Å². The summed E-state index contributed by atoms with van der Waals surface area (Å²) in [5.74, 6) is -1.28. The molecule has 0 atom stereocenters. The number of ether oxygens (including phenoxy) is 2. The molecule has 1 rings (SSSR count). The number of hydrogen-bond donors (Lipinski definition) is 1. The molecule has 0 bridgehead atoms. The molecule has 0 spiro atoms. The number of ketones is 1. The van der Waals surface area contributed by atoms with Crippen LogP contribution in [0.15, 0.2) is 0 Å². The standard InChI is InChI=1S/C14H19NO5/c1-5-11(17)20-7-10(16)13-8(3)12(9(4)15-13)14(18)19-6-2/h15H,5-7H2,1-4H3. The molecular formula is C14H19NO5. The zero-order valence-corrected chi connectivity index (χ0v) is 12.2. The third-order valence-corrected chi connectivity index (χ3v) is 2.85. The molecule has 0 unspecified atom stereocenters. The maximum Gasteiger partial charge on any atom is 0.340 e. The Bertz CT molecular complexity index is 530. The van der Waals surface area contributed by atoms with Crippen molar-refractivity contribution in [2.75, 3.05) is 13.2 Å². The largest absolute Gasteiger partial charge is 0.462 e. The number of carbonyl (C=O) groups is 3. The van der Waals surface area contributed by atoms with Gasteiger partial charge in [0.2, 0.25) is 5.78 Å². The Morgan fingerprint density at radius 1 is 1.10 bits per heavy atom. The Kier molecular flexibility index (Phi) is 5.49. The summed E-state index contributed by atoms with van der Waals surface area (Å²) in [4.78, 5) is 37.7. The number of aromatic nitrogens is 1. The molecule has 110 valence electrons. The fourth-order valence-corrected chi connectivity index (χ4v) is 1.86. The zero-order chi connectivity index (χ0) is 15.3. The number of hydrogen-bond acceptors (Lipinski definition) is 5. The van der Waals surface area contributed by atoms with Crippen LogP contribution in [0.25, 0.3) is 0 Å². The van der Waals surface area contributed by atoms with Gasteiger partial charge in [0, 0.05) is 12.1 Å². The van der Waals surface area contributed by atoms with Gasteiger partial charge in [-0.1, -0.05) is 6.92 Å². The highest BCUT2D eigenvalue weighted by atomic mass is 16.5. The summed E-state index contributed by atoms with van der Waals surface area (Å²) in [6.07, 6.45) is 0.212. The molecule has 0 saturated carbocycles. The van der Waals surface area contributed by atoms with Crippen LogP contribution in [0.3, 0.4) is 0 Å². The van der Waals surface area contributed by atoms with E-state index in [1.165, 1.54) is 0 Å². The normalized spacial score (nSPS) is 10.2. The molecule has 0 aliphatic heterocycles. The molecule has 0 aromatic carbocycles. The quantitative estimate of drug-likeness (QED) is 0.636. The van der Waals surface area contributed by atoms with Gasteiger partial charge in [0.1, 0.15) is 0 Å². The molecule has 0 radical (unpaired) electrons. The first-order valence-electron chi connectivity index (χ1n) is 6.47. The van der Waals surface area contributed by atoms with Crippen molar-refractivity contribution in [3.8, 4) is 0 Å². The lowest BCUT2D eigenvalue weighted by atomic mass is 10.1. The van der Waals surface area contributed by atoms with E-state index in [1.807, 2.05) is 0 Å². The van der Waals surface area contributed by atoms with Crippen LogP contribution in [-0.4, -0.2) is 35.9 Å². The number of nitrogens with one attached hydrogen (secondary N) is 1. The highest BCUT2D eigenvalue weighted by Crippen LogP contribution is 2.19. The first-order chi connectivity index (χ1) is 9.42. The van der Waals surface area contributed by atoms with Gasteiger partial charge in [0.25, 0.3) is 0 Å². The molecule has 1 aromatic rings. The lowest BCUT2D eigenvalue weighted by Gasteiger charge is -2.03. The number of aromatic amines is 1. The summed E-state index contributed by atoms with van der Waals surface area (Å²) in [6, 6.07) is 0. The van der Waals surface area contributed by atoms with Gasteiger partial charge in [0.15, 0.2) is 6.61 Å². The van der Waals surface area contributed by atoms with Crippen LogP contribution >= 0.6 is 0 Å². The SMILES string of the molecule is CCOC(=O)c1c(C)[nH]c(C(=O)COC(=O)CC)c1C. The number of rotatable bonds is 6. The predicted octanol–water partition coefficient (Wildman–Crippen LogP) is 1.94. The molecule has 0 saturated heterocycles. The predicted molar refractivity (Wildman–Crippen MR) is 71.8 cm³/mol. The third-order valence-electron chi connectivity index (χ3n) is 2.85. The minimum atomic E-state index is -0.469. The van der Waals surface area contributed by atoms with Gasteiger partial charge < -0.3 is 14.5 Å². The van der Waals surface area contributed by atoms with E-state index < -0.39 is 11.9 Å². The van der Waals surface area contributed by atoms with Crippen molar-refractivity contribution in [2.45, 2.75) is 34.1 Å². The molecule has 0 fully saturated rings. The van der Waals surface area contributed by atoms with Gasteiger partial charge in [-0.05, 0) is 26.3 Å². The van der Waals surface area contributed by atoms with Gasteiger partial charge in [0.05, 0.1) is 17.9 Å². The Balaban J connectivity index is 2.92. The van der Waals surface area contributed by atoms with E-state index in [0.29, 0.717) is 16.8 Å². The van der Waals surface area contributed by atoms with Crippen molar-refractivity contribution in [2.24, 2.45) is 0 Å². The summed E-state index contributed by atoms with van der Waals surface area (Å²) in [5, 5.41) is 0. The lowest BCUT2D eigenvalue weighted by Crippen LogP contribution is -2.15. The third kappa shape index (κ3) is 3.46. The first kappa shape index (κ1) is 15.9. The highest BCUT2D eigenvalue weighted by molar-refractivity contribution is 6.02. The van der Waals surface area contributed by atoms with Gasteiger partial charge in [-0.15, -0.1) is 0 Å². The van der Waals surface area contributed by atoms with Crippen LogP contribution < -0.4 is 0 Å². The van der Waals surface area contributed by atoms with E-state index in [2.05, 4.69) is 4.98 Å². The number of esters is 2. The van der Waals surface area contributed by atoms with Gasteiger partial charge in [-0.2, -0.15) is 0 Å². The minimum absolute atomic E-state index is 0.212. The Labute approximate surface area is 117 Å². The molecular weight excluding hydrogens is 262 g/mol. The summed E-state index contributed by atoms with van der Waals surface area (Å²) in [5.41, 5.74) is 1.70. The maximum atomic E-state index is 12.0. The second-order valence-corrected chi connectivity index (χ2v) is 4.28. The Morgan fingerprint density at radius 3 is 2.30 bits per heavy atom.